The standard InChI is InChI=1S/C27H37N7O2S/c1-3-7-20-13-19(12-18(2)34(20)25(36)16-33-10-4-5-11-33)30-26-22-8-6-9-28-23(22)14-24(31-26)32-27-29-15-21(17-35)37-27/h6,8-9,14-15,18-20,35H,3-5,7,10-13,16-17H2,1-2H3,(H2,29,30,31,32)/t18-,19-,20+/m0/s1. The molecule has 5 heterocycles. The van der Waals surface area contributed by atoms with Crippen molar-refractivity contribution in [1.29, 1.82) is 0 Å². The van der Waals surface area contributed by atoms with Crippen LogP contribution in [-0.4, -0.2) is 73.5 Å². The second-order valence-electron chi connectivity index (χ2n) is 10.2. The summed E-state index contributed by atoms with van der Waals surface area (Å²) in [5.74, 6) is 1.72. The fraction of sp³-hybridized carbons (Fsp3) is 0.556. The molecule has 10 heteroatoms. The van der Waals surface area contributed by atoms with Crippen molar-refractivity contribution in [3.63, 3.8) is 0 Å². The number of aliphatic hydroxyl groups excluding tert-OH is 1. The molecule has 0 saturated carbocycles. The maximum absolute atomic E-state index is 13.3. The molecule has 2 aliphatic rings. The molecule has 0 bridgehead atoms. The minimum atomic E-state index is -0.0325. The minimum absolute atomic E-state index is 0.0325. The third-order valence-corrected chi connectivity index (χ3v) is 8.30. The number of anilines is 3. The van der Waals surface area contributed by atoms with Gasteiger partial charge in [0, 0.05) is 42.0 Å². The van der Waals surface area contributed by atoms with Crippen molar-refractivity contribution in [2.75, 3.05) is 30.3 Å². The van der Waals surface area contributed by atoms with Gasteiger partial charge in [0.2, 0.25) is 5.91 Å². The summed E-state index contributed by atoms with van der Waals surface area (Å²) in [6.07, 6.45) is 9.67. The Kier molecular flexibility index (Phi) is 8.17. The first-order chi connectivity index (χ1) is 18.0. The summed E-state index contributed by atoms with van der Waals surface area (Å²) in [5, 5.41) is 18.0. The average Bonchev–Trinajstić information content (AvgIpc) is 3.56. The van der Waals surface area contributed by atoms with Crippen molar-refractivity contribution >= 4 is 44.9 Å². The fourth-order valence-electron chi connectivity index (χ4n) is 5.79. The molecule has 3 N–H and O–H groups in total. The molecule has 0 radical (unpaired) electrons. The van der Waals surface area contributed by atoms with E-state index in [0.29, 0.717) is 17.5 Å². The van der Waals surface area contributed by atoms with Crippen molar-refractivity contribution in [1.82, 2.24) is 24.8 Å². The Morgan fingerprint density at radius 3 is 2.84 bits per heavy atom. The number of nitrogens with zero attached hydrogens (tertiary/aromatic N) is 5. The van der Waals surface area contributed by atoms with Crippen molar-refractivity contribution in [2.24, 2.45) is 0 Å². The number of pyridine rings is 2. The summed E-state index contributed by atoms with van der Waals surface area (Å²) >= 11 is 1.40. The third-order valence-electron chi connectivity index (χ3n) is 7.40. The summed E-state index contributed by atoms with van der Waals surface area (Å²) in [7, 11) is 0. The first-order valence-electron chi connectivity index (χ1n) is 13.4. The number of carbonyl (C=O) groups excluding carboxylic acids is 1. The van der Waals surface area contributed by atoms with Crippen molar-refractivity contribution in [3.05, 3.63) is 35.5 Å². The molecule has 37 heavy (non-hydrogen) atoms. The lowest BCUT2D eigenvalue weighted by molar-refractivity contribution is -0.139. The van der Waals surface area contributed by atoms with Crippen LogP contribution in [0.4, 0.5) is 16.8 Å². The Labute approximate surface area is 222 Å². The number of hydrogen-bond donors (Lipinski definition) is 3. The lowest BCUT2D eigenvalue weighted by atomic mass is 9.89. The number of piperidine rings is 1. The first kappa shape index (κ1) is 25.8. The quantitative estimate of drug-likeness (QED) is 0.379. The highest BCUT2D eigenvalue weighted by molar-refractivity contribution is 7.15. The van der Waals surface area contributed by atoms with Crippen molar-refractivity contribution < 1.29 is 9.90 Å². The van der Waals surface area contributed by atoms with Crippen LogP contribution >= 0.6 is 11.3 Å². The van der Waals surface area contributed by atoms with Gasteiger partial charge in [-0.3, -0.25) is 14.7 Å². The number of carbonyl (C=O) groups is 1. The number of likely N-dealkylation sites (tertiary alicyclic amines) is 2. The molecule has 9 nitrogen and oxygen atoms in total. The van der Waals surface area contributed by atoms with Gasteiger partial charge in [-0.25, -0.2) is 9.97 Å². The number of fused-ring (bicyclic) bond motifs is 1. The van der Waals surface area contributed by atoms with Crippen LogP contribution in [0, 0.1) is 0 Å². The second-order valence-corrected chi connectivity index (χ2v) is 11.3. The van der Waals surface area contributed by atoms with E-state index in [1.807, 2.05) is 18.2 Å². The predicted molar refractivity (Wildman–Crippen MR) is 148 cm³/mol. The van der Waals surface area contributed by atoms with Gasteiger partial charge in [-0.2, -0.15) is 0 Å². The lowest BCUT2D eigenvalue weighted by Gasteiger charge is -2.45. The number of amides is 1. The second kappa shape index (κ2) is 11.7. The van der Waals surface area contributed by atoms with Gasteiger partial charge in [0.1, 0.15) is 11.6 Å². The predicted octanol–water partition coefficient (Wildman–Crippen LogP) is 4.38. The summed E-state index contributed by atoms with van der Waals surface area (Å²) in [5.41, 5.74) is 0.845. The Bertz CT molecular complexity index is 1210. The van der Waals surface area contributed by atoms with E-state index in [2.05, 4.69) is 44.2 Å². The zero-order valence-corrected chi connectivity index (χ0v) is 22.5. The SMILES string of the molecule is CCC[C@@H]1C[C@@H](Nc2nc(Nc3ncc(CO)s3)cc3ncccc23)C[C@H](C)N1C(=O)CN1CCCC1. The van der Waals surface area contributed by atoms with Gasteiger partial charge in [0.15, 0.2) is 5.13 Å². The first-order valence-corrected chi connectivity index (χ1v) is 14.2. The molecule has 0 aromatic carbocycles. The van der Waals surface area contributed by atoms with Crippen molar-refractivity contribution in [2.45, 2.75) is 77.1 Å². The fourth-order valence-corrected chi connectivity index (χ4v) is 6.46. The maximum atomic E-state index is 13.3. The van der Waals surface area contributed by atoms with Gasteiger partial charge >= 0.3 is 0 Å². The lowest BCUT2D eigenvalue weighted by Crippen LogP contribution is -2.56. The Hall–Kier alpha value is -2.82. The minimum Gasteiger partial charge on any atom is -0.391 e. The van der Waals surface area contributed by atoms with Crippen LogP contribution in [0.15, 0.2) is 30.6 Å². The maximum Gasteiger partial charge on any atom is 0.237 e. The smallest absolute Gasteiger partial charge is 0.237 e. The van der Waals surface area contributed by atoms with Gasteiger partial charge in [-0.15, -0.1) is 0 Å². The Balaban J connectivity index is 1.35. The molecule has 5 rings (SSSR count). The molecular formula is C27H37N7O2S. The third kappa shape index (κ3) is 6.02. The normalized spacial score (nSPS) is 22.5. The Morgan fingerprint density at radius 1 is 1.24 bits per heavy atom. The van der Waals surface area contributed by atoms with Gasteiger partial charge in [0.25, 0.3) is 0 Å². The van der Waals surface area contributed by atoms with Crippen LogP contribution in [0.2, 0.25) is 0 Å². The summed E-state index contributed by atoms with van der Waals surface area (Å²) in [6.45, 7) is 6.97. The largest absolute Gasteiger partial charge is 0.391 e. The molecule has 1 amide bonds. The number of hydrogen-bond acceptors (Lipinski definition) is 9. The molecule has 2 fully saturated rings. The van der Waals surface area contributed by atoms with Crippen LogP contribution in [-0.2, 0) is 11.4 Å². The molecule has 0 spiro atoms. The molecule has 2 aliphatic heterocycles. The van der Waals surface area contributed by atoms with Crippen LogP contribution in [0.25, 0.3) is 10.9 Å². The van der Waals surface area contributed by atoms with Crippen LogP contribution in [0.5, 0.6) is 0 Å². The highest BCUT2D eigenvalue weighted by Gasteiger charge is 2.36. The van der Waals surface area contributed by atoms with E-state index in [0.717, 1.165) is 60.4 Å². The highest BCUT2D eigenvalue weighted by atomic mass is 32.1. The summed E-state index contributed by atoms with van der Waals surface area (Å²) in [6, 6.07) is 6.47. The van der Waals surface area contributed by atoms with E-state index in [1.54, 1.807) is 12.4 Å². The zero-order valence-electron chi connectivity index (χ0n) is 21.7. The number of nitrogens with one attached hydrogen (secondary N) is 2. The van der Waals surface area contributed by atoms with E-state index in [4.69, 9.17) is 4.98 Å². The molecular weight excluding hydrogens is 486 g/mol. The Morgan fingerprint density at radius 2 is 2.08 bits per heavy atom. The highest BCUT2D eigenvalue weighted by Crippen LogP contribution is 2.32. The number of aromatic nitrogens is 3. The van der Waals surface area contributed by atoms with Crippen LogP contribution in [0.3, 0.4) is 0 Å². The number of thiazole rings is 1. The number of aliphatic hydroxyl groups is 1. The van der Waals surface area contributed by atoms with E-state index in [-0.39, 0.29) is 30.6 Å². The summed E-state index contributed by atoms with van der Waals surface area (Å²) < 4.78 is 0. The molecule has 0 aliphatic carbocycles. The summed E-state index contributed by atoms with van der Waals surface area (Å²) in [4.78, 5) is 32.4. The van der Waals surface area contributed by atoms with Gasteiger partial charge in [-0.1, -0.05) is 24.7 Å². The van der Waals surface area contributed by atoms with E-state index in [1.165, 1.54) is 24.2 Å². The van der Waals surface area contributed by atoms with E-state index >= 15 is 0 Å². The molecule has 0 unspecified atom stereocenters. The zero-order chi connectivity index (χ0) is 25.8. The van der Waals surface area contributed by atoms with E-state index < -0.39 is 0 Å². The van der Waals surface area contributed by atoms with Gasteiger partial charge in [-0.05, 0) is 64.3 Å². The topological polar surface area (TPSA) is 107 Å². The average molecular weight is 524 g/mol. The van der Waals surface area contributed by atoms with E-state index in [9.17, 15) is 9.90 Å². The van der Waals surface area contributed by atoms with Crippen molar-refractivity contribution in [3.8, 4) is 0 Å². The van der Waals surface area contributed by atoms with Crippen LogP contribution in [0.1, 0.15) is 57.2 Å². The van der Waals surface area contributed by atoms with Crippen LogP contribution < -0.4 is 10.6 Å². The molecule has 3 aromatic heterocycles. The molecule has 198 valence electrons. The van der Waals surface area contributed by atoms with Gasteiger partial charge in [0.05, 0.1) is 23.5 Å². The molecule has 3 atom stereocenters. The van der Waals surface area contributed by atoms with Gasteiger partial charge < -0.3 is 20.6 Å². The number of rotatable bonds is 9. The monoisotopic (exact) mass is 523 g/mol. The molecule has 2 saturated heterocycles. The molecule has 3 aromatic rings.